The lowest BCUT2D eigenvalue weighted by Gasteiger charge is -2.36. The molecule has 2 unspecified atom stereocenters. The van der Waals surface area contributed by atoms with Gasteiger partial charge < -0.3 is 5.32 Å². The predicted octanol–water partition coefficient (Wildman–Crippen LogP) is 1.28. The summed E-state index contributed by atoms with van der Waals surface area (Å²) in [6, 6.07) is 0.0548. The highest BCUT2D eigenvalue weighted by atomic mass is 32.2. The first-order valence-corrected chi connectivity index (χ1v) is 8.76. The Hall–Kier alpha value is -0.170. The third kappa shape index (κ3) is 4.41. The fraction of sp³-hybridized carbons (Fsp3) is 1.00. The van der Waals surface area contributed by atoms with Crippen LogP contribution in [0.2, 0.25) is 0 Å². The molecule has 6 heteroatoms. The van der Waals surface area contributed by atoms with Crippen molar-refractivity contribution in [2.45, 2.75) is 46.1 Å². The highest BCUT2D eigenvalue weighted by molar-refractivity contribution is 7.86. The van der Waals surface area contributed by atoms with E-state index in [0.717, 1.165) is 32.4 Å². The lowest BCUT2D eigenvalue weighted by Crippen LogP contribution is -2.50. The van der Waals surface area contributed by atoms with Crippen LogP contribution in [0, 0.1) is 5.92 Å². The van der Waals surface area contributed by atoms with Crippen molar-refractivity contribution in [3.8, 4) is 0 Å². The minimum atomic E-state index is -3.29. The lowest BCUT2D eigenvalue weighted by atomic mass is 10.00. The van der Waals surface area contributed by atoms with E-state index in [1.165, 1.54) is 4.31 Å². The molecule has 0 aliphatic carbocycles. The SMILES string of the molecule is CCNCC1CCCN(S(=O)(=O)N(C)C(C)CC)C1. The van der Waals surface area contributed by atoms with Gasteiger partial charge in [-0.3, -0.25) is 0 Å². The summed E-state index contributed by atoms with van der Waals surface area (Å²) in [5.41, 5.74) is 0. The van der Waals surface area contributed by atoms with Crippen LogP contribution in [0.15, 0.2) is 0 Å². The molecule has 1 heterocycles. The molecule has 0 radical (unpaired) electrons. The Bertz CT molecular complexity index is 359. The van der Waals surface area contributed by atoms with Gasteiger partial charge in [0.1, 0.15) is 0 Å². The van der Waals surface area contributed by atoms with Gasteiger partial charge in [0.25, 0.3) is 10.2 Å². The van der Waals surface area contributed by atoms with Crippen molar-refractivity contribution < 1.29 is 8.42 Å². The molecule has 1 saturated heterocycles. The molecular formula is C13H29N3O2S. The summed E-state index contributed by atoms with van der Waals surface area (Å²) in [5, 5.41) is 3.32. The Morgan fingerprint density at radius 3 is 2.68 bits per heavy atom. The van der Waals surface area contributed by atoms with Crippen LogP contribution >= 0.6 is 0 Å². The summed E-state index contributed by atoms with van der Waals surface area (Å²) in [5.74, 6) is 0.439. The standard InChI is InChI=1S/C13H29N3O2S/c1-5-12(3)15(4)19(17,18)16-9-7-8-13(11-16)10-14-6-2/h12-14H,5-11H2,1-4H3. The summed E-state index contributed by atoms with van der Waals surface area (Å²) >= 11 is 0. The maximum atomic E-state index is 12.5. The summed E-state index contributed by atoms with van der Waals surface area (Å²) in [7, 11) is -1.60. The summed E-state index contributed by atoms with van der Waals surface area (Å²) in [6.45, 7) is 9.21. The first kappa shape index (κ1) is 16.9. The number of piperidine rings is 1. The monoisotopic (exact) mass is 291 g/mol. The second kappa shape index (κ2) is 7.57. The molecule has 1 aliphatic rings. The fourth-order valence-corrected chi connectivity index (χ4v) is 4.15. The van der Waals surface area contributed by atoms with Crippen LogP contribution in [0.5, 0.6) is 0 Å². The second-order valence-corrected chi connectivity index (χ2v) is 7.44. The van der Waals surface area contributed by atoms with Crippen LogP contribution < -0.4 is 5.32 Å². The van der Waals surface area contributed by atoms with E-state index in [4.69, 9.17) is 0 Å². The quantitative estimate of drug-likeness (QED) is 0.769. The molecule has 2 atom stereocenters. The molecule has 19 heavy (non-hydrogen) atoms. The van der Waals surface area contributed by atoms with Gasteiger partial charge >= 0.3 is 0 Å². The van der Waals surface area contributed by atoms with Crippen molar-refractivity contribution in [3.63, 3.8) is 0 Å². The highest BCUT2D eigenvalue weighted by Crippen LogP contribution is 2.21. The Morgan fingerprint density at radius 2 is 2.11 bits per heavy atom. The van der Waals surface area contributed by atoms with Crippen LogP contribution in [-0.2, 0) is 10.2 Å². The van der Waals surface area contributed by atoms with Crippen molar-refractivity contribution in [1.82, 2.24) is 13.9 Å². The number of hydrogen-bond acceptors (Lipinski definition) is 3. The van der Waals surface area contributed by atoms with Gasteiger partial charge in [-0.15, -0.1) is 0 Å². The first-order valence-electron chi connectivity index (χ1n) is 7.37. The van der Waals surface area contributed by atoms with Gasteiger partial charge in [0.2, 0.25) is 0 Å². The van der Waals surface area contributed by atoms with E-state index in [0.29, 0.717) is 19.0 Å². The third-order valence-electron chi connectivity index (χ3n) is 4.07. The Balaban J connectivity index is 2.67. The summed E-state index contributed by atoms with van der Waals surface area (Å²) in [6.07, 6.45) is 2.92. The van der Waals surface area contributed by atoms with E-state index in [1.807, 2.05) is 13.8 Å². The third-order valence-corrected chi connectivity index (χ3v) is 6.14. The van der Waals surface area contributed by atoms with E-state index in [-0.39, 0.29) is 6.04 Å². The average Bonchev–Trinajstić information content (AvgIpc) is 2.43. The molecule has 114 valence electrons. The Morgan fingerprint density at radius 1 is 1.42 bits per heavy atom. The zero-order chi connectivity index (χ0) is 14.5. The van der Waals surface area contributed by atoms with Gasteiger partial charge in [-0.25, -0.2) is 0 Å². The van der Waals surface area contributed by atoms with E-state index < -0.39 is 10.2 Å². The zero-order valence-corrected chi connectivity index (χ0v) is 13.5. The summed E-state index contributed by atoms with van der Waals surface area (Å²) in [4.78, 5) is 0. The molecule has 0 saturated carbocycles. The van der Waals surface area contributed by atoms with E-state index in [1.54, 1.807) is 11.4 Å². The number of hydrogen-bond donors (Lipinski definition) is 1. The normalized spacial score (nSPS) is 23.7. The molecule has 5 nitrogen and oxygen atoms in total. The molecule has 0 aromatic carbocycles. The van der Waals surface area contributed by atoms with Gasteiger partial charge in [-0.05, 0) is 45.2 Å². The molecule has 0 amide bonds. The summed E-state index contributed by atoms with van der Waals surface area (Å²) < 4.78 is 28.2. The molecule has 0 aromatic heterocycles. The maximum Gasteiger partial charge on any atom is 0.281 e. The fourth-order valence-electron chi connectivity index (χ4n) is 2.42. The minimum Gasteiger partial charge on any atom is -0.317 e. The largest absolute Gasteiger partial charge is 0.317 e. The molecule has 0 bridgehead atoms. The van der Waals surface area contributed by atoms with Crippen molar-refractivity contribution >= 4 is 10.2 Å². The lowest BCUT2D eigenvalue weighted by molar-refractivity contribution is 0.239. The topological polar surface area (TPSA) is 52.7 Å². The maximum absolute atomic E-state index is 12.5. The van der Waals surface area contributed by atoms with Crippen LogP contribution in [0.4, 0.5) is 0 Å². The minimum absolute atomic E-state index is 0.0548. The smallest absolute Gasteiger partial charge is 0.281 e. The van der Waals surface area contributed by atoms with E-state index in [2.05, 4.69) is 12.2 Å². The van der Waals surface area contributed by atoms with Gasteiger partial charge in [0, 0.05) is 26.2 Å². The Labute approximate surface area is 118 Å². The van der Waals surface area contributed by atoms with Crippen molar-refractivity contribution in [3.05, 3.63) is 0 Å². The van der Waals surface area contributed by atoms with Crippen molar-refractivity contribution in [2.75, 3.05) is 33.2 Å². The Kier molecular flexibility index (Phi) is 6.73. The first-order chi connectivity index (χ1) is 8.93. The van der Waals surface area contributed by atoms with Crippen LogP contribution in [-0.4, -0.2) is 56.3 Å². The van der Waals surface area contributed by atoms with Crippen molar-refractivity contribution in [2.24, 2.45) is 5.92 Å². The second-order valence-electron chi connectivity index (χ2n) is 5.46. The number of nitrogens with zero attached hydrogens (tertiary/aromatic N) is 2. The molecular weight excluding hydrogens is 262 g/mol. The molecule has 0 spiro atoms. The number of rotatable bonds is 7. The van der Waals surface area contributed by atoms with Gasteiger partial charge in [0.05, 0.1) is 0 Å². The molecule has 1 aliphatic heterocycles. The molecule has 1 rings (SSSR count). The van der Waals surface area contributed by atoms with Gasteiger partial charge in [-0.1, -0.05) is 13.8 Å². The van der Waals surface area contributed by atoms with Crippen molar-refractivity contribution in [1.29, 1.82) is 0 Å². The van der Waals surface area contributed by atoms with Gasteiger partial charge in [-0.2, -0.15) is 17.0 Å². The predicted molar refractivity (Wildman–Crippen MR) is 79.3 cm³/mol. The average molecular weight is 291 g/mol. The highest BCUT2D eigenvalue weighted by Gasteiger charge is 2.33. The van der Waals surface area contributed by atoms with E-state index in [9.17, 15) is 8.42 Å². The molecule has 1 N–H and O–H groups in total. The molecule has 0 aromatic rings. The zero-order valence-electron chi connectivity index (χ0n) is 12.7. The number of nitrogens with one attached hydrogen (secondary N) is 1. The van der Waals surface area contributed by atoms with Gasteiger partial charge in [0.15, 0.2) is 0 Å². The van der Waals surface area contributed by atoms with Crippen LogP contribution in [0.3, 0.4) is 0 Å². The van der Waals surface area contributed by atoms with E-state index >= 15 is 0 Å². The van der Waals surface area contributed by atoms with Crippen LogP contribution in [0.1, 0.15) is 40.0 Å². The van der Waals surface area contributed by atoms with Crippen LogP contribution in [0.25, 0.3) is 0 Å². The molecule has 1 fully saturated rings.